The number of carbonyl (C=O) groups is 1. The molecule has 3 rings (SSSR count). The zero-order chi connectivity index (χ0) is 11.7. The van der Waals surface area contributed by atoms with Gasteiger partial charge in [0.2, 0.25) is 0 Å². The molecule has 0 saturated carbocycles. The maximum atomic E-state index is 11.3. The highest BCUT2D eigenvalue weighted by Crippen LogP contribution is 2.32. The van der Waals surface area contributed by atoms with Crippen LogP contribution in [0.25, 0.3) is 0 Å². The second-order valence-electron chi connectivity index (χ2n) is 4.64. The highest BCUT2D eigenvalue weighted by atomic mass is 35.5. The van der Waals surface area contributed by atoms with Gasteiger partial charge in [0.05, 0.1) is 5.69 Å². The van der Waals surface area contributed by atoms with Gasteiger partial charge in [-0.1, -0.05) is 6.07 Å². The summed E-state index contributed by atoms with van der Waals surface area (Å²) < 4.78 is 5.35. The minimum Gasteiger partial charge on any atom is -0.482 e. The lowest BCUT2D eigenvalue weighted by molar-refractivity contribution is -0.118. The number of amides is 1. The maximum Gasteiger partial charge on any atom is 0.262 e. The van der Waals surface area contributed by atoms with Crippen LogP contribution in [0.1, 0.15) is 24.3 Å². The predicted molar refractivity (Wildman–Crippen MR) is 72.7 cm³/mol. The zero-order valence-electron chi connectivity index (χ0n) is 10.1. The van der Waals surface area contributed by atoms with Crippen LogP contribution in [0.3, 0.4) is 0 Å². The summed E-state index contributed by atoms with van der Waals surface area (Å²) in [5.41, 5.74) is 2.09. The van der Waals surface area contributed by atoms with Crippen LogP contribution in [-0.2, 0) is 4.79 Å². The molecule has 1 fully saturated rings. The third-order valence-electron chi connectivity index (χ3n) is 3.40. The number of hydrogen-bond donors (Lipinski definition) is 2. The monoisotopic (exact) mass is 268 g/mol. The van der Waals surface area contributed by atoms with Crippen LogP contribution in [0.15, 0.2) is 18.2 Å². The van der Waals surface area contributed by atoms with Gasteiger partial charge in [-0.05, 0) is 43.0 Å². The Labute approximate surface area is 113 Å². The van der Waals surface area contributed by atoms with E-state index < -0.39 is 0 Å². The summed E-state index contributed by atoms with van der Waals surface area (Å²) >= 11 is 0. The number of benzene rings is 1. The van der Waals surface area contributed by atoms with Crippen molar-refractivity contribution in [3.05, 3.63) is 23.8 Å². The standard InChI is InChI=1S/C13H16N2O2.ClH/c16-13-8-17-12-4-3-9(6-11(12)15-13)10-2-1-5-14-7-10;/h3-4,6,10,14H,1-2,5,7-8H2,(H,15,16);1H. The number of hydrogen-bond acceptors (Lipinski definition) is 3. The third-order valence-corrected chi connectivity index (χ3v) is 3.40. The van der Waals surface area contributed by atoms with E-state index in [4.69, 9.17) is 4.74 Å². The first-order valence-electron chi connectivity index (χ1n) is 6.10. The van der Waals surface area contributed by atoms with Crippen molar-refractivity contribution in [1.29, 1.82) is 0 Å². The van der Waals surface area contributed by atoms with Crippen LogP contribution in [0.5, 0.6) is 5.75 Å². The molecule has 0 aromatic heterocycles. The van der Waals surface area contributed by atoms with E-state index in [1.807, 2.05) is 12.1 Å². The van der Waals surface area contributed by atoms with E-state index in [0.29, 0.717) is 5.92 Å². The number of anilines is 1. The Kier molecular flexibility index (Phi) is 4.09. The molecule has 2 aliphatic rings. The van der Waals surface area contributed by atoms with Crippen molar-refractivity contribution >= 4 is 24.0 Å². The van der Waals surface area contributed by atoms with Gasteiger partial charge in [0.15, 0.2) is 6.61 Å². The molecule has 0 radical (unpaired) electrons. The number of carbonyl (C=O) groups excluding carboxylic acids is 1. The summed E-state index contributed by atoms with van der Waals surface area (Å²) in [5.74, 6) is 1.25. The number of nitrogens with one attached hydrogen (secondary N) is 2. The van der Waals surface area contributed by atoms with Crippen LogP contribution in [0, 0.1) is 0 Å². The smallest absolute Gasteiger partial charge is 0.262 e. The number of fused-ring (bicyclic) bond motifs is 1. The summed E-state index contributed by atoms with van der Waals surface area (Å²) in [6, 6.07) is 6.11. The van der Waals surface area contributed by atoms with Crippen molar-refractivity contribution in [1.82, 2.24) is 5.32 Å². The largest absolute Gasteiger partial charge is 0.482 e. The molecule has 18 heavy (non-hydrogen) atoms. The molecule has 2 heterocycles. The minimum absolute atomic E-state index is 0. The molecule has 0 aliphatic carbocycles. The third kappa shape index (κ3) is 2.60. The van der Waals surface area contributed by atoms with Gasteiger partial charge in [0, 0.05) is 6.54 Å². The second-order valence-corrected chi connectivity index (χ2v) is 4.64. The highest BCUT2D eigenvalue weighted by molar-refractivity contribution is 5.95. The van der Waals surface area contributed by atoms with Crippen molar-refractivity contribution in [3.63, 3.8) is 0 Å². The Balaban J connectivity index is 0.00000120. The zero-order valence-corrected chi connectivity index (χ0v) is 10.9. The van der Waals surface area contributed by atoms with Crippen molar-refractivity contribution in [2.75, 3.05) is 25.0 Å². The summed E-state index contributed by atoms with van der Waals surface area (Å²) in [5, 5.41) is 6.26. The van der Waals surface area contributed by atoms with Crippen LogP contribution < -0.4 is 15.4 Å². The van der Waals surface area contributed by atoms with Gasteiger partial charge in [-0.15, -0.1) is 12.4 Å². The van der Waals surface area contributed by atoms with E-state index in [2.05, 4.69) is 16.7 Å². The molecule has 2 aliphatic heterocycles. The van der Waals surface area contributed by atoms with Crippen molar-refractivity contribution < 1.29 is 9.53 Å². The average molecular weight is 269 g/mol. The molecule has 1 aromatic carbocycles. The van der Waals surface area contributed by atoms with Crippen molar-refractivity contribution in [3.8, 4) is 5.75 Å². The van der Waals surface area contributed by atoms with E-state index in [1.165, 1.54) is 18.4 Å². The normalized spacial score (nSPS) is 22.2. The molecular formula is C13H17ClN2O2. The fourth-order valence-electron chi connectivity index (χ4n) is 2.49. The van der Waals surface area contributed by atoms with Crippen LogP contribution >= 0.6 is 12.4 Å². The first-order chi connectivity index (χ1) is 8.33. The molecule has 0 bridgehead atoms. The quantitative estimate of drug-likeness (QED) is 0.818. The second kappa shape index (κ2) is 5.59. The van der Waals surface area contributed by atoms with E-state index in [-0.39, 0.29) is 24.9 Å². The predicted octanol–water partition coefficient (Wildman–Crippen LogP) is 1.91. The molecule has 1 unspecified atom stereocenters. The first kappa shape index (κ1) is 13.2. The summed E-state index contributed by atoms with van der Waals surface area (Å²) in [4.78, 5) is 11.3. The molecule has 0 spiro atoms. The number of piperidine rings is 1. The minimum atomic E-state index is -0.0728. The Morgan fingerprint density at radius 1 is 1.33 bits per heavy atom. The lowest BCUT2D eigenvalue weighted by Crippen LogP contribution is -2.29. The van der Waals surface area contributed by atoms with Crippen molar-refractivity contribution in [2.24, 2.45) is 0 Å². The van der Waals surface area contributed by atoms with E-state index >= 15 is 0 Å². The Morgan fingerprint density at radius 2 is 2.22 bits per heavy atom. The van der Waals surface area contributed by atoms with Crippen molar-refractivity contribution in [2.45, 2.75) is 18.8 Å². The van der Waals surface area contributed by atoms with Gasteiger partial charge in [-0.3, -0.25) is 4.79 Å². The molecule has 98 valence electrons. The van der Waals surface area contributed by atoms with E-state index in [1.54, 1.807) is 0 Å². The maximum absolute atomic E-state index is 11.3. The molecular weight excluding hydrogens is 252 g/mol. The summed E-state index contributed by atoms with van der Waals surface area (Å²) in [7, 11) is 0. The lowest BCUT2D eigenvalue weighted by atomic mass is 9.91. The van der Waals surface area contributed by atoms with Gasteiger partial charge < -0.3 is 15.4 Å². The topological polar surface area (TPSA) is 50.4 Å². The lowest BCUT2D eigenvalue weighted by Gasteiger charge is -2.25. The molecule has 1 atom stereocenters. The summed E-state index contributed by atoms with van der Waals surface area (Å²) in [6.45, 7) is 2.26. The molecule has 5 heteroatoms. The number of ether oxygens (including phenoxy) is 1. The van der Waals surface area contributed by atoms with E-state index in [0.717, 1.165) is 24.5 Å². The summed E-state index contributed by atoms with van der Waals surface area (Å²) in [6.07, 6.45) is 2.42. The SMILES string of the molecule is Cl.O=C1COc2ccc(C3CCCNC3)cc2N1. The van der Waals surface area contributed by atoms with Crippen LogP contribution in [0.2, 0.25) is 0 Å². The molecule has 1 amide bonds. The Bertz CT molecular complexity index is 445. The molecule has 1 aromatic rings. The van der Waals surface area contributed by atoms with E-state index in [9.17, 15) is 4.79 Å². The number of halogens is 1. The van der Waals surface area contributed by atoms with Crippen LogP contribution in [0.4, 0.5) is 5.69 Å². The molecule has 1 saturated heterocycles. The molecule has 2 N–H and O–H groups in total. The molecule has 4 nitrogen and oxygen atoms in total. The number of rotatable bonds is 1. The van der Waals surface area contributed by atoms with Gasteiger partial charge in [-0.25, -0.2) is 0 Å². The fraction of sp³-hybridized carbons (Fsp3) is 0.462. The van der Waals surface area contributed by atoms with Gasteiger partial charge in [0.1, 0.15) is 5.75 Å². The van der Waals surface area contributed by atoms with Gasteiger partial charge >= 0.3 is 0 Å². The Morgan fingerprint density at radius 3 is 3.00 bits per heavy atom. The fourth-order valence-corrected chi connectivity index (χ4v) is 2.49. The highest BCUT2D eigenvalue weighted by Gasteiger charge is 2.20. The van der Waals surface area contributed by atoms with Gasteiger partial charge in [0.25, 0.3) is 5.91 Å². The average Bonchev–Trinajstić information content (AvgIpc) is 2.39. The van der Waals surface area contributed by atoms with Gasteiger partial charge in [-0.2, -0.15) is 0 Å². The Hall–Kier alpha value is -1.26. The first-order valence-corrected chi connectivity index (χ1v) is 6.10. The van der Waals surface area contributed by atoms with Crippen LogP contribution in [-0.4, -0.2) is 25.6 Å².